The Morgan fingerprint density at radius 3 is 3.00 bits per heavy atom. The molecule has 0 bridgehead atoms. The second-order valence-electron chi connectivity index (χ2n) is 5.02. The first-order valence-electron chi connectivity index (χ1n) is 6.95. The van der Waals surface area contributed by atoms with E-state index in [4.69, 9.17) is 4.42 Å². The monoisotopic (exact) mass is 302 g/mol. The van der Waals surface area contributed by atoms with Crippen molar-refractivity contribution in [2.45, 2.75) is 32.5 Å². The number of hydrogen-bond donors (Lipinski definition) is 1. The molecule has 0 spiro atoms. The van der Waals surface area contributed by atoms with Crippen molar-refractivity contribution in [3.63, 3.8) is 0 Å². The average molecular weight is 302 g/mol. The molecule has 0 aliphatic heterocycles. The summed E-state index contributed by atoms with van der Waals surface area (Å²) in [6.45, 7) is 5.05. The third kappa shape index (κ3) is 3.22. The molecule has 3 heterocycles. The van der Waals surface area contributed by atoms with Crippen LogP contribution >= 0.6 is 11.3 Å². The molecule has 5 nitrogen and oxygen atoms in total. The van der Waals surface area contributed by atoms with Gasteiger partial charge in [-0.2, -0.15) is 5.10 Å². The minimum atomic E-state index is 0.295. The van der Waals surface area contributed by atoms with Crippen molar-refractivity contribution in [3.8, 4) is 10.8 Å². The maximum atomic E-state index is 5.36. The Labute approximate surface area is 127 Å². The molecule has 2 atom stereocenters. The van der Waals surface area contributed by atoms with Crippen LogP contribution in [0.3, 0.4) is 0 Å². The van der Waals surface area contributed by atoms with Crippen molar-refractivity contribution in [1.82, 2.24) is 20.1 Å². The molecule has 1 N–H and O–H groups in total. The molecular weight excluding hydrogens is 284 g/mol. The first kappa shape index (κ1) is 14.0. The summed E-state index contributed by atoms with van der Waals surface area (Å²) in [6, 6.07) is 6.35. The molecule has 0 unspecified atom stereocenters. The van der Waals surface area contributed by atoms with Crippen molar-refractivity contribution in [2.75, 3.05) is 0 Å². The van der Waals surface area contributed by atoms with Crippen LogP contribution in [0.2, 0.25) is 0 Å². The van der Waals surface area contributed by atoms with Crippen molar-refractivity contribution in [2.24, 2.45) is 0 Å². The normalized spacial score (nSPS) is 14.2. The van der Waals surface area contributed by atoms with Gasteiger partial charge in [0.25, 0.3) is 0 Å². The first-order chi connectivity index (χ1) is 10.2. The van der Waals surface area contributed by atoms with Gasteiger partial charge < -0.3 is 9.73 Å². The molecule has 0 aliphatic carbocycles. The number of thiazole rings is 1. The molecular formula is C15H18N4OS. The topological polar surface area (TPSA) is 55.9 Å². The third-order valence-electron chi connectivity index (χ3n) is 3.55. The molecule has 3 aromatic rings. The Balaban J connectivity index is 1.58. The van der Waals surface area contributed by atoms with Crippen molar-refractivity contribution in [1.29, 1.82) is 0 Å². The molecule has 0 fully saturated rings. The molecule has 3 rings (SSSR count). The van der Waals surface area contributed by atoms with Gasteiger partial charge >= 0.3 is 0 Å². The molecule has 0 saturated heterocycles. The maximum Gasteiger partial charge on any atom is 0.162 e. The predicted octanol–water partition coefficient (Wildman–Crippen LogP) is 3.34. The largest absolute Gasteiger partial charge is 0.462 e. The molecule has 0 saturated carbocycles. The second kappa shape index (κ2) is 6.24. The van der Waals surface area contributed by atoms with Gasteiger partial charge in [0.1, 0.15) is 0 Å². The van der Waals surface area contributed by atoms with E-state index in [1.807, 2.05) is 29.1 Å². The van der Waals surface area contributed by atoms with Gasteiger partial charge in [0.15, 0.2) is 10.8 Å². The van der Waals surface area contributed by atoms with Gasteiger partial charge in [-0.05, 0) is 32.0 Å². The fourth-order valence-corrected chi connectivity index (χ4v) is 2.87. The zero-order valence-corrected chi connectivity index (χ0v) is 12.9. The fraction of sp³-hybridized carbons (Fsp3) is 0.333. The molecule has 110 valence electrons. The number of aromatic nitrogens is 3. The maximum absolute atomic E-state index is 5.36. The van der Waals surface area contributed by atoms with Crippen molar-refractivity contribution >= 4 is 11.3 Å². The molecule has 0 radical (unpaired) electrons. The lowest BCUT2D eigenvalue weighted by Crippen LogP contribution is -2.33. The summed E-state index contributed by atoms with van der Waals surface area (Å²) in [5.41, 5.74) is 1.03. The second-order valence-corrected chi connectivity index (χ2v) is 5.88. The van der Waals surface area contributed by atoms with Crippen LogP contribution in [-0.2, 0) is 6.54 Å². The lowest BCUT2D eigenvalue weighted by atomic mass is 10.2. The van der Waals surface area contributed by atoms with E-state index in [0.717, 1.165) is 23.0 Å². The minimum absolute atomic E-state index is 0.295. The van der Waals surface area contributed by atoms with Crippen LogP contribution in [0.25, 0.3) is 10.8 Å². The molecule has 3 aromatic heterocycles. The van der Waals surface area contributed by atoms with Crippen LogP contribution < -0.4 is 5.32 Å². The Bertz CT molecular complexity index is 660. The summed E-state index contributed by atoms with van der Waals surface area (Å²) in [5, 5.41) is 10.8. The number of furan rings is 1. The van der Waals surface area contributed by atoms with Crippen LogP contribution in [-0.4, -0.2) is 20.8 Å². The summed E-state index contributed by atoms with van der Waals surface area (Å²) in [6.07, 6.45) is 5.46. The van der Waals surface area contributed by atoms with E-state index in [1.165, 1.54) is 0 Å². The number of hydrogen-bond acceptors (Lipinski definition) is 5. The quantitative estimate of drug-likeness (QED) is 0.759. The highest BCUT2D eigenvalue weighted by molar-refractivity contribution is 7.13. The fourth-order valence-electron chi connectivity index (χ4n) is 2.09. The summed E-state index contributed by atoms with van der Waals surface area (Å²) in [7, 11) is 0. The molecule has 0 aromatic carbocycles. The van der Waals surface area contributed by atoms with Gasteiger partial charge in [-0.25, -0.2) is 4.98 Å². The number of nitrogens with one attached hydrogen (secondary N) is 1. The highest BCUT2D eigenvalue weighted by Gasteiger charge is 2.14. The zero-order valence-electron chi connectivity index (χ0n) is 12.1. The Morgan fingerprint density at radius 2 is 2.29 bits per heavy atom. The Kier molecular flexibility index (Phi) is 4.17. The average Bonchev–Trinajstić information content (AvgIpc) is 3.25. The van der Waals surface area contributed by atoms with Crippen LogP contribution in [0.1, 0.15) is 25.6 Å². The predicted molar refractivity (Wildman–Crippen MR) is 83.1 cm³/mol. The number of rotatable bonds is 6. The summed E-state index contributed by atoms with van der Waals surface area (Å²) in [4.78, 5) is 4.59. The van der Waals surface area contributed by atoms with Gasteiger partial charge in [-0.1, -0.05) is 0 Å². The van der Waals surface area contributed by atoms with Crippen LogP contribution in [0, 0.1) is 0 Å². The number of nitrogens with zero attached hydrogens (tertiary/aromatic N) is 3. The SMILES string of the molecule is C[C@H]([C@@H](C)NCc1csc(-c2ccco2)n1)n1cccn1. The Hall–Kier alpha value is -1.92. The van der Waals surface area contributed by atoms with Gasteiger partial charge in [-0.3, -0.25) is 4.68 Å². The van der Waals surface area contributed by atoms with E-state index < -0.39 is 0 Å². The summed E-state index contributed by atoms with van der Waals surface area (Å²) in [5.74, 6) is 0.823. The summed E-state index contributed by atoms with van der Waals surface area (Å²) >= 11 is 1.60. The van der Waals surface area contributed by atoms with E-state index in [0.29, 0.717) is 12.1 Å². The van der Waals surface area contributed by atoms with Crippen molar-refractivity contribution < 1.29 is 4.42 Å². The lowest BCUT2D eigenvalue weighted by molar-refractivity contribution is 0.364. The molecule has 6 heteroatoms. The highest BCUT2D eigenvalue weighted by atomic mass is 32.1. The van der Waals surface area contributed by atoms with Crippen LogP contribution in [0.4, 0.5) is 0 Å². The van der Waals surface area contributed by atoms with E-state index in [1.54, 1.807) is 23.8 Å². The Morgan fingerprint density at radius 1 is 1.38 bits per heavy atom. The smallest absolute Gasteiger partial charge is 0.162 e. The molecule has 0 amide bonds. The van der Waals surface area contributed by atoms with E-state index >= 15 is 0 Å². The first-order valence-corrected chi connectivity index (χ1v) is 7.83. The molecule has 21 heavy (non-hydrogen) atoms. The summed E-state index contributed by atoms with van der Waals surface area (Å²) < 4.78 is 7.33. The standard InChI is InChI=1S/C15H18N4OS/c1-11(12(2)19-7-4-6-17-19)16-9-13-10-21-15(18-13)14-5-3-8-20-14/h3-8,10-12,16H,9H2,1-2H3/t11-,12-/m1/s1. The molecule has 0 aliphatic rings. The third-order valence-corrected chi connectivity index (χ3v) is 4.46. The van der Waals surface area contributed by atoms with E-state index in [2.05, 4.69) is 34.6 Å². The van der Waals surface area contributed by atoms with Gasteiger partial charge in [0, 0.05) is 30.4 Å². The lowest BCUT2D eigenvalue weighted by Gasteiger charge is -2.21. The highest BCUT2D eigenvalue weighted by Crippen LogP contribution is 2.24. The van der Waals surface area contributed by atoms with Gasteiger partial charge in [0.05, 0.1) is 18.0 Å². The zero-order chi connectivity index (χ0) is 14.7. The van der Waals surface area contributed by atoms with Gasteiger partial charge in [-0.15, -0.1) is 11.3 Å². The van der Waals surface area contributed by atoms with Crippen LogP contribution in [0.5, 0.6) is 0 Å². The van der Waals surface area contributed by atoms with Gasteiger partial charge in [0.2, 0.25) is 0 Å². The van der Waals surface area contributed by atoms with Crippen molar-refractivity contribution in [3.05, 3.63) is 47.9 Å². The van der Waals surface area contributed by atoms with E-state index in [9.17, 15) is 0 Å². The minimum Gasteiger partial charge on any atom is -0.462 e. The van der Waals surface area contributed by atoms with E-state index in [-0.39, 0.29) is 0 Å². The van der Waals surface area contributed by atoms with Crippen LogP contribution in [0.15, 0.2) is 46.7 Å².